The van der Waals surface area contributed by atoms with Crippen LogP contribution in [0.1, 0.15) is 55.7 Å². The number of hydrogen-bond donors (Lipinski definition) is 1. The Labute approximate surface area is 219 Å². The highest BCUT2D eigenvalue weighted by molar-refractivity contribution is 7.92. The monoisotopic (exact) mass is 533 g/mol. The minimum atomic E-state index is -3.76. The Morgan fingerprint density at radius 3 is 2.28 bits per heavy atom. The molecule has 2 aromatic carbocycles. The number of halogens is 1. The number of aryl methyl sites for hydroxylation is 2. The summed E-state index contributed by atoms with van der Waals surface area (Å²) in [6, 6.07) is 11.8. The van der Waals surface area contributed by atoms with Gasteiger partial charge in [0.05, 0.1) is 11.9 Å². The molecule has 1 atom stereocenters. The Hall–Kier alpha value is -2.58. The first-order valence-electron chi connectivity index (χ1n) is 12.3. The number of carbonyl (C=O) groups excluding carboxylic acids is 2. The lowest BCUT2D eigenvalue weighted by Gasteiger charge is -2.33. The molecule has 1 unspecified atom stereocenters. The summed E-state index contributed by atoms with van der Waals surface area (Å²) in [6.45, 7) is 5.15. The SMILES string of the molecule is Cc1cc(C)cc(N(CC(=O)N(Cc2cccc(Cl)c2)C(C)C(=O)NC2CCCCC2)S(C)(=O)=O)c1. The summed E-state index contributed by atoms with van der Waals surface area (Å²) < 4.78 is 26.6. The first-order valence-corrected chi connectivity index (χ1v) is 14.6. The topological polar surface area (TPSA) is 86.8 Å². The smallest absolute Gasteiger partial charge is 0.244 e. The van der Waals surface area contributed by atoms with Gasteiger partial charge in [-0.25, -0.2) is 8.42 Å². The number of sulfonamides is 1. The second-order valence-electron chi connectivity index (χ2n) is 9.79. The first-order chi connectivity index (χ1) is 16.9. The van der Waals surface area contributed by atoms with E-state index in [2.05, 4.69) is 5.32 Å². The lowest BCUT2D eigenvalue weighted by atomic mass is 9.95. The first kappa shape index (κ1) is 28.0. The van der Waals surface area contributed by atoms with Crippen LogP contribution in [0, 0.1) is 13.8 Å². The number of benzene rings is 2. The van der Waals surface area contributed by atoms with E-state index in [9.17, 15) is 18.0 Å². The predicted octanol–water partition coefficient (Wildman–Crippen LogP) is 4.59. The molecule has 36 heavy (non-hydrogen) atoms. The molecular formula is C27H36ClN3O4S. The van der Waals surface area contributed by atoms with E-state index in [-0.39, 0.29) is 18.5 Å². The number of carbonyl (C=O) groups is 2. The van der Waals surface area contributed by atoms with E-state index in [1.807, 2.05) is 26.0 Å². The highest BCUT2D eigenvalue weighted by Crippen LogP contribution is 2.23. The summed E-state index contributed by atoms with van der Waals surface area (Å²) >= 11 is 6.16. The fourth-order valence-electron chi connectivity index (χ4n) is 4.69. The van der Waals surface area contributed by atoms with Gasteiger partial charge in [-0.3, -0.25) is 13.9 Å². The van der Waals surface area contributed by atoms with Gasteiger partial charge in [-0.2, -0.15) is 0 Å². The standard InChI is InChI=1S/C27H36ClN3O4S/c1-19-13-20(2)15-25(14-19)31(36(4,34)35)18-26(32)30(17-22-9-8-10-23(28)16-22)21(3)27(33)29-24-11-6-5-7-12-24/h8-10,13-16,21,24H,5-7,11-12,17-18H2,1-4H3,(H,29,33). The van der Waals surface area contributed by atoms with Crippen LogP contribution in [0.2, 0.25) is 5.02 Å². The number of nitrogens with one attached hydrogen (secondary N) is 1. The van der Waals surface area contributed by atoms with Gasteiger partial charge in [0, 0.05) is 17.6 Å². The molecule has 1 saturated carbocycles. The van der Waals surface area contributed by atoms with Crippen LogP contribution in [0.25, 0.3) is 0 Å². The average Bonchev–Trinajstić information content (AvgIpc) is 2.79. The minimum Gasteiger partial charge on any atom is -0.352 e. The van der Waals surface area contributed by atoms with E-state index in [0.29, 0.717) is 10.7 Å². The van der Waals surface area contributed by atoms with Crippen molar-refractivity contribution in [1.82, 2.24) is 10.2 Å². The van der Waals surface area contributed by atoms with Crippen molar-refractivity contribution >= 4 is 39.1 Å². The van der Waals surface area contributed by atoms with Crippen LogP contribution in [0.15, 0.2) is 42.5 Å². The molecule has 0 spiro atoms. The van der Waals surface area contributed by atoms with Crippen LogP contribution in [-0.2, 0) is 26.2 Å². The van der Waals surface area contributed by atoms with E-state index >= 15 is 0 Å². The summed E-state index contributed by atoms with van der Waals surface area (Å²) in [4.78, 5) is 28.3. The molecule has 1 N–H and O–H groups in total. The largest absolute Gasteiger partial charge is 0.352 e. The summed E-state index contributed by atoms with van der Waals surface area (Å²) in [5, 5.41) is 3.61. The molecule has 0 aromatic heterocycles. The third-order valence-corrected chi connectivity index (χ3v) is 7.91. The van der Waals surface area contributed by atoms with Crippen LogP contribution in [0.4, 0.5) is 5.69 Å². The molecule has 0 heterocycles. The fraction of sp³-hybridized carbons (Fsp3) is 0.481. The summed E-state index contributed by atoms with van der Waals surface area (Å²) in [7, 11) is -3.76. The summed E-state index contributed by atoms with van der Waals surface area (Å²) in [5.41, 5.74) is 2.96. The van der Waals surface area contributed by atoms with Crippen molar-refractivity contribution in [3.63, 3.8) is 0 Å². The van der Waals surface area contributed by atoms with Gasteiger partial charge in [-0.05, 0) is 74.6 Å². The molecule has 1 fully saturated rings. The maximum atomic E-state index is 13.7. The maximum Gasteiger partial charge on any atom is 0.244 e. The van der Waals surface area contributed by atoms with Crippen molar-refractivity contribution in [2.45, 2.75) is 71.5 Å². The number of nitrogens with zero attached hydrogens (tertiary/aromatic N) is 2. The molecule has 7 nitrogen and oxygen atoms in total. The van der Waals surface area contributed by atoms with Gasteiger partial charge in [-0.15, -0.1) is 0 Å². The average molecular weight is 534 g/mol. The van der Waals surface area contributed by atoms with E-state index in [4.69, 9.17) is 11.6 Å². The second kappa shape index (κ2) is 12.1. The third kappa shape index (κ3) is 7.71. The van der Waals surface area contributed by atoms with Crippen LogP contribution >= 0.6 is 11.6 Å². The van der Waals surface area contributed by atoms with Crippen molar-refractivity contribution in [2.24, 2.45) is 0 Å². The Morgan fingerprint density at radius 2 is 1.69 bits per heavy atom. The molecule has 0 radical (unpaired) electrons. The lowest BCUT2D eigenvalue weighted by Crippen LogP contribution is -2.53. The molecular weight excluding hydrogens is 498 g/mol. The van der Waals surface area contributed by atoms with Gasteiger partial charge >= 0.3 is 0 Å². The number of amides is 2. The van der Waals surface area contributed by atoms with E-state index in [0.717, 1.165) is 52.9 Å². The van der Waals surface area contributed by atoms with Crippen molar-refractivity contribution in [3.05, 3.63) is 64.2 Å². The Bertz CT molecular complexity index is 1180. The fourth-order valence-corrected chi connectivity index (χ4v) is 5.74. The number of rotatable bonds is 9. The van der Waals surface area contributed by atoms with Crippen LogP contribution in [-0.4, -0.2) is 50.0 Å². The molecule has 0 bridgehead atoms. The molecule has 196 valence electrons. The summed E-state index contributed by atoms with van der Waals surface area (Å²) in [6.07, 6.45) is 6.25. The summed E-state index contributed by atoms with van der Waals surface area (Å²) in [5.74, 6) is -0.708. The molecule has 0 saturated heterocycles. The molecule has 1 aliphatic carbocycles. The Balaban J connectivity index is 1.89. The zero-order valence-electron chi connectivity index (χ0n) is 21.5. The Kier molecular flexibility index (Phi) is 9.41. The van der Waals surface area contributed by atoms with E-state index < -0.39 is 28.5 Å². The molecule has 3 rings (SSSR count). The van der Waals surface area contributed by atoms with Crippen LogP contribution in [0.5, 0.6) is 0 Å². The van der Waals surface area contributed by atoms with Crippen LogP contribution < -0.4 is 9.62 Å². The lowest BCUT2D eigenvalue weighted by molar-refractivity contribution is -0.139. The predicted molar refractivity (Wildman–Crippen MR) is 145 cm³/mol. The second-order valence-corrected chi connectivity index (χ2v) is 12.1. The van der Waals surface area contributed by atoms with Crippen molar-refractivity contribution in [3.8, 4) is 0 Å². The molecule has 9 heteroatoms. The minimum absolute atomic E-state index is 0.0969. The van der Waals surface area contributed by atoms with E-state index in [1.165, 1.54) is 11.3 Å². The van der Waals surface area contributed by atoms with Gasteiger partial charge in [0.15, 0.2) is 0 Å². The third-order valence-electron chi connectivity index (χ3n) is 6.53. The van der Waals surface area contributed by atoms with Gasteiger partial charge in [0.25, 0.3) is 0 Å². The van der Waals surface area contributed by atoms with Crippen molar-refractivity contribution < 1.29 is 18.0 Å². The zero-order valence-corrected chi connectivity index (χ0v) is 23.0. The zero-order chi connectivity index (χ0) is 26.5. The number of anilines is 1. The van der Waals surface area contributed by atoms with Gasteiger partial charge in [0.2, 0.25) is 21.8 Å². The molecule has 1 aliphatic rings. The number of hydrogen-bond acceptors (Lipinski definition) is 4. The van der Waals surface area contributed by atoms with Gasteiger partial charge < -0.3 is 10.2 Å². The normalized spacial score (nSPS) is 15.2. The maximum absolute atomic E-state index is 13.7. The molecule has 0 aliphatic heterocycles. The van der Waals surface area contributed by atoms with Gasteiger partial charge in [-0.1, -0.05) is 49.1 Å². The van der Waals surface area contributed by atoms with E-state index in [1.54, 1.807) is 37.3 Å². The van der Waals surface area contributed by atoms with Gasteiger partial charge in [0.1, 0.15) is 12.6 Å². The molecule has 2 aromatic rings. The van der Waals surface area contributed by atoms with Crippen LogP contribution in [0.3, 0.4) is 0 Å². The Morgan fingerprint density at radius 1 is 1.06 bits per heavy atom. The van der Waals surface area contributed by atoms with Crippen molar-refractivity contribution in [2.75, 3.05) is 17.1 Å². The quantitative estimate of drug-likeness (QED) is 0.511. The highest BCUT2D eigenvalue weighted by Gasteiger charge is 2.31. The molecule has 2 amide bonds. The van der Waals surface area contributed by atoms with Crippen molar-refractivity contribution in [1.29, 1.82) is 0 Å². The highest BCUT2D eigenvalue weighted by atomic mass is 35.5.